The number of methoxy groups -OCH3 is 1. The smallest absolute Gasteiger partial charge is 0.321 e. The van der Waals surface area contributed by atoms with Crippen LogP contribution in [-0.2, 0) is 4.74 Å². The van der Waals surface area contributed by atoms with Crippen LogP contribution in [0.5, 0.6) is 5.75 Å². The molecule has 1 N–H and O–H groups in total. The molecule has 5 nitrogen and oxygen atoms in total. The second kappa shape index (κ2) is 9.42. The summed E-state index contributed by atoms with van der Waals surface area (Å²) in [6.45, 7) is 4.27. The predicted molar refractivity (Wildman–Crippen MR) is 108 cm³/mol. The second-order valence-corrected chi connectivity index (χ2v) is 6.79. The van der Waals surface area contributed by atoms with Gasteiger partial charge >= 0.3 is 6.03 Å². The van der Waals surface area contributed by atoms with Gasteiger partial charge in [0, 0.05) is 25.3 Å². The third-order valence-electron chi connectivity index (χ3n) is 4.79. The van der Waals surface area contributed by atoms with Gasteiger partial charge < -0.3 is 19.7 Å². The minimum Gasteiger partial charge on any atom is -0.497 e. The van der Waals surface area contributed by atoms with E-state index in [0.717, 1.165) is 55.0 Å². The SMILES string of the molecule is CCCOC1CCCN(C(=O)Nc2ccccc2-c2ccc(OC)cc2)C1. The number of piperidine rings is 1. The third kappa shape index (κ3) is 5.01. The number of ether oxygens (including phenoxy) is 2. The largest absolute Gasteiger partial charge is 0.497 e. The maximum Gasteiger partial charge on any atom is 0.321 e. The summed E-state index contributed by atoms with van der Waals surface area (Å²) in [6.07, 6.45) is 3.13. The van der Waals surface area contributed by atoms with Crippen LogP contribution in [0.4, 0.5) is 10.5 Å². The molecule has 2 aromatic carbocycles. The molecule has 1 atom stereocenters. The number of urea groups is 1. The van der Waals surface area contributed by atoms with Crippen molar-refractivity contribution in [2.24, 2.45) is 0 Å². The Labute approximate surface area is 161 Å². The van der Waals surface area contributed by atoms with Crippen molar-refractivity contribution >= 4 is 11.7 Å². The summed E-state index contributed by atoms with van der Waals surface area (Å²) >= 11 is 0. The average Bonchev–Trinajstić information content (AvgIpc) is 2.73. The van der Waals surface area contributed by atoms with Crippen LogP contribution in [0, 0.1) is 0 Å². The molecule has 1 aliphatic heterocycles. The van der Waals surface area contributed by atoms with E-state index in [-0.39, 0.29) is 12.1 Å². The van der Waals surface area contributed by atoms with Crippen LogP contribution in [-0.4, -0.2) is 43.8 Å². The Balaban J connectivity index is 1.70. The van der Waals surface area contributed by atoms with Crippen LogP contribution in [0.3, 0.4) is 0 Å². The number of nitrogens with zero attached hydrogens (tertiary/aromatic N) is 1. The molecule has 5 heteroatoms. The van der Waals surface area contributed by atoms with Crippen LogP contribution in [0.2, 0.25) is 0 Å². The van der Waals surface area contributed by atoms with Crippen molar-refractivity contribution in [3.8, 4) is 16.9 Å². The normalized spacial score (nSPS) is 16.8. The summed E-state index contributed by atoms with van der Waals surface area (Å²) in [6, 6.07) is 15.6. The lowest BCUT2D eigenvalue weighted by atomic mass is 10.0. The van der Waals surface area contributed by atoms with Gasteiger partial charge in [0.15, 0.2) is 0 Å². The van der Waals surface area contributed by atoms with Crippen molar-refractivity contribution < 1.29 is 14.3 Å². The Kier molecular flexibility index (Phi) is 6.71. The molecule has 0 saturated carbocycles. The van der Waals surface area contributed by atoms with Crippen molar-refractivity contribution in [1.29, 1.82) is 0 Å². The van der Waals surface area contributed by atoms with Crippen LogP contribution in [0.1, 0.15) is 26.2 Å². The van der Waals surface area contributed by atoms with Gasteiger partial charge in [0.05, 0.1) is 18.9 Å². The van der Waals surface area contributed by atoms with E-state index < -0.39 is 0 Å². The van der Waals surface area contributed by atoms with Gasteiger partial charge in [-0.05, 0) is 43.0 Å². The predicted octanol–water partition coefficient (Wildman–Crippen LogP) is 4.79. The third-order valence-corrected chi connectivity index (χ3v) is 4.79. The van der Waals surface area contributed by atoms with Gasteiger partial charge in [-0.1, -0.05) is 37.3 Å². The number of likely N-dealkylation sites (tertiary alicyclic amines) is 1. The molecule has 1 unspecified atom stereocenters. The van der Waals surface area contributed by atoms with Crippen molar-refractivity contribution in [2.75, 3.05) is 32.1 Å². The van der Waals surface area contributed by atoms with E-state index in [1.54, 1.807) is 7.11 Å². The van der Waals surface area contributed by atoms with Crippen molar-refractivity contribution in [3.63, 3.8) is 0 Å². The van der Waals surface area contributed by atoms with E-state index >= 15 is 0 Å². The second-order valence-electron chi connectivity index (χ2n) is 6.79. The zero-order chi connectivity index (χ0) is 19.1. The fourth-order valence-corrected chi connectivity index (χ4v) is 3.35. The van der Waals surface area contributed by atoms with Gasteiger partial charge in [-0.3, -0.25) is 0 Å². The Morgan fingerprint density at radius 1 is 1.19 bits per heavy atom. The van der Waals surface area contributed by atoms with Gasteiger partial charge in [0.1, 0.15) is 5.75 Å². The van der Waals surface area contributed by atoms with Crippen molar-refractivity contribution in [3.05, 3.63) is 48.5 Å². The number of rotatable bonds is 6. The molecule has 1 aliphatic rings. The molecule has 27 heavy (non-hydrogen) atoms. The first-order valence-corrected chi connectivity index (χ1v) is 9.62. The Hall–Kier alpha value is -2.53. The molecule has 0 aromatic heterocycles. The molecule has 2 aromatic rings. The molecule has 1 saturated heterocycles. The van der Waals surface area contributed by atoms with Gasteiger partial charge in [-0.25, -0.2) is 4.79 Å². The zero-order valence-corrected chi connectivity index (χ0v) is 16.1. The number of anilines is 1. The first kappa shape index (κ1) is 19.2. The number of carbonyl (C=O) groups is 1. The first-order valence-electron chi connectivity index (χ1n) is 9.62. The summed E-state index contributed by atoms with van der Waals surface area (Å²) in [5.41, 5.74) is 2.84. The number of hydrogen-bond acceptors (Lipinski definition) is 3. The van der Waals surface area contributed by atoms with Crippen molar-refractivity contribution in [2.45, 2.75) is 32.3 Å². The molecule has 144 valence electrons. The van der Waals surface area contributed by atoms with Crippen molar-refractivity contribution in [1.82, 2.24) is 4.90 Å². The molecule has 1 fully saturated rings. The average molecular weight is 368 g/mol. The molecule has 0 radical (unpaired) electrons. The lowest BCUT2D eigenvalue weighted by Gasteiger charge is -2.32. The van der Waals surface area contributed by atoms with Gasteiger partial charge in [-0.2, -0.15) is 0 Å². The molecular weight excluding hydrogens is 340 g/mol. The monoisotopic (exact) mass is 368 g/mol. The fourth-order valence-electron chi connectivity index (χ4n) is 3.35. The number of nitrogens with one attached hydrogen (secondary N) is 1. The number of carbonyl (C=O) groups excluding carboxylic acids is 1. The lowest BCUT2D eigenvalue weighted by molar-refractivity contribution is 0.0115. The van der Waals surface area contributed by atoms with Gasteiger partial charge in [0.2, 0.25) is 0 Å². The topological polar surface area (TPSA) is 50.8 Å². The summed E-state index contributed by atoms with van der Waals surface area (Å²) in [7, 11) is 1.65. The number of amides is 2. The molecule has 3 rings (SSSR count). The highest BCUT2D eigenvalue weighted by Gasteiger charge is 2.24. The minimum atomic E-state index is -0.0687. The van der Waals surface area contributed by atoms with E-state index in [4.69, 9.17) is 9.47 Å². The van der Waals surface area contributed by atoms with E-state index in [9.17, 15) is 4.79 Å². The quantitative estimate of drug-likeness (QED) is 0.798. The minimum absolute atomic E-state index is 0.0687. The van der Waals surface area contributed by atoms with Crippen LogP contribution < -0.4 is 10.1 Å². The molecule has 0 spiro atoms. The lowest BCUT2D eigenvalue weighted by Crippen LogP contribution is -2.45. The van der Waals surface area contributed by atoms with E-state index in [2.05, 4.69) is 12.2 Å². The number of hydrogen-bond donors (Lipinski definition) is 1. The number of benzene rings is 2. The highest BCUT2D eigenvalue weighted by atomic mass is 16.5. The maximum absolute atomic E-state index is 12.8. The summed E-state index contributed by atoms with van der Waals surface area (Å²) in [4.78, 5) is 14.7. The summed E-state index contributed by atoms with van der Waals surface area (Å²) in [5.74, 6) is 0.812. The van der Waals surface area contributed by atoms with Gasteiger partial charge in [0.25, 0.3) is 0 Å². The summed E-state index contributed by atoms with van der Waals surface area (Å²) in [5, 5.41) is 3.08. The van der Waals surface area contributed by atoms with E-state index in [0.29, 0.717) is 6.54 Å². The Bertz CT molecular complexity index is 745. The van der Waals surface area contributed by atoms with Crippen LogP contribution >= 0.6 is 0 Å². The van der Waals surface area contributed by atoms with E-state index in [1.165, 1.54) is 0 Å². The number of para-hydroxylation sites is 1. The Morgan fingerprint density at radius 3 is 2.70 bits per heavy atom. The van der Waals surface area contributed by atoms with Crippen LogP contribution in [0.25, 0.3) is 11.1 Å². The standard InChI is InChI=1S/C22H28N2O3/c1-3-15-27-19-7-6-14-24(16-19)22(25)23-21-9-5-4-8-20(21)17-10-12-18(26-2)13-11-17/h4-5,8-13,19H,3,6-7,14-16H2,1-2H3,(H,23,25). The molecule has 2 amide bonds. The highest BCUT2D eigenvalue weighted by Crippen LogP contribution is 2.29. The maximum atomic E-state index is 12.8. The Morgan fingerprint density at radius 2 is 1.96 bits per heavy atom. The van der Waals surface area contributed by atoms with Crippen LogP contribution in [0.15, 0.2) is 48.5 Å². The summed E-state index contributed by atoms with van der Waals surface area (Å²) < 4.78 is 11.1. The van der Waals surface area contributed by atoms with E-state index in [1.807, 2.05) is 53.4 Å². The fraction of sp³-hybridized carbons (Fsp3) is 0.409. The molecule has 1 heterocycles. The molecule has 0 bridgehead atoms. The molecule has 0 aliphatic carbocycles. The first-order chi connectivity index (χ1) is 13.2. The highest BCUT2D eigenvalue weighted by molar-refractivity contribution is 5.94. The zero-order valence-electron chi connectivity index (χ0n) is 16.1. The van der Waals surface area contributed by atoms with Gasteiger partial charge in [-0.15, -0.1) is 0 Å². The molecular formula is C22H28N2O3.